The summed E-state index contributed by atoms with van der Waals surface area (Å²) in [6.45, 7) is 17.2. The van der Waals surface area contributed by atoms with E-state index in [0.717, 1.165) is 46.3 Å². The average Bonchev–Trinajstić information content (AvgIpc) is 4.02. The number of aromatic amines is 1. The summed E-state index contributed by atoms with van der Waals surface area (Å²) >= 11 is 3.57. The lowest BCUT2D eigenvalue weighted by atomic mass is 9.87. The van der Waals surface area contributed by atoms with Gasteiger partial charge in [-0.15, -0.1) is 0 Å². The lowest BCUT2D eigenvalue weighted by Crippen LogP contribution is -2.48. The van der Waals surface area contributed by atoms with E-state index in [9.17, 15) is 37.4 Å². The van der Waals surface area contributed by atoms with Crippen LogP contribution in [0.25, 0.3) is 5.69 Å². The van der Waals surface area contributed by atoms with Crippen LogP contribution in [0.5, 0.6) is 0 Å². The number of hydrogen-bond acceptors (Lipinski definition) is 8. The van der Waals surface area contributed by atoms with Crippen molar-refractivity contribution in [2.75, 3.05) is 13.1 Å². The summed E-state index contributed by atoms with van der Waals surface area (Å²) in [4.78, 5) is 23.3. The smallest absolute Gasteiger partial charge is 0.217 e. The van der Waals surface area contributed by atoms with Crippen molar-refractivity contribution in [3.63, 3.8) is 0 Å². The molecule has 2 amide bonds. The van der Waals surface area contributed by atoms with Crippen molar-refractivity contribution in [1.29, 1.82) is 0 Å². The lowest BCUT2D eigenvalue weighted by molar-refractivity contribution is -0.121. The molecule has 0 aliphatic rings. The Morgan fingerprint density at radius 2 is 1.11 bits per heavy atom. The monoisotopic (exact) mass is 1050 g/mol. The summed E-state index contributed by atoms with van der Waals surface area (Å²) in [7, 11) is 0. The van der Waals surface area contributed by atoms with E-state index >= 15 is 0 Å². The van der Waals surface area contributed by atoms with E-state index in [2.05, 4.69) is 118 Å². The number of benzene rings is 4. The van der Waals surface area contributed by atoms with Crippen molar-refractivity contribution in [2.45, 2.75) is 118 Å². The van der Waals surface area contributed by atoms with Crippen molar-refractivity contribution in [2.24, 2.45) is 10.8 Å². The molecule has 6 rings (SSSR count). The molecule has 6 aromatic rings. The van der Waals surface area contributed by atoms with Crippen LogP contribution in [0.3, 0.4) is 0 Å². The number of H-pyrrole nitrogens is 1. The summed E-state index contributed by atoms with van der Waals surface area (Å²) in [6, 6.07) is 21.2. The fraction of sp³-hybridized carbons (Fsp3) is 0.407. The molecule has 0 radical (unpaired) electrons. The van der Waals surface area contributed by atoms with Gasteiger partial charge in [0.05, 0.1) is 30.0 Å². The summed E-state index contributed by atoms with van der Waals surface area (Å²) in [5.74, 6) is -3.43. The lowest BCUT2D eigenvalue weighted by Gasteiger charge is -2.25. The van der Waals surface area contributed by atoms with E-state index in [-0.39, 0.29) is 48.6 Å². The van der Waals surface area contributed by atoms with Crippen LogP contribution in [0, 0.1) is 34.1 Å². The molecule has 4 unspecified atom stereocenters. The molecule has 0 aliphatic carbocycles. The van der Waals surface area contributed by atoms with E-state index in [0.29, 0.717) is 24.2 Å². The van der Waals surface area contributed by atoms with Gasteiger partial charge in [-0.1, -0.05) is 81.7 Å². The normalized spacial score (nSPS) is 13.2. The topological polar surface area (TPSA) is 169 Å². The minimum atomic E-state index is -0.976. The quantitative estimate of drug-likeness (QED) is 0.0395. The second kappa shape index (κ2) is 27.8. The molecular formula is C54H69BrF4N8O4. The number of halogens is 5. The first-order valence-corrected chi connectivity index (χ1v) is 24.3. The van der Waals surface area contributed by atoms with E-state index in [1.807, 2.05) is 30.5 Å². The number of nitrogens with one attached hydrogen (secondary N) is 5. The molecule has 2 heterocycles. The number of aromatic nitrogens is 4. The third-order valence-corrected chi connectivity index (χ3v) is 11.5. The number of aliphatic hydroxyl groups is 2. The standard InChI is InChI=1S/C27H34F2N4O2.C24H31BrF2N2O2.C3H4N2/c1-18(34)32-24(13-20-11-22(28)14-23(29)12-20)26(35)17-30-16-21-10-19(15-27(2,3)4)6-7-25(21)33-9-5-8-31-33;1-15(30)29-22(10-17-8-19(26)11-20(27)9-17)23(31)14-28-13-18-7-16(5-6-21(18)25)12-24(2,3)4;1-2-4-5-3-1/h5-12,14,24,26,30,35H,13,15-17H2,1-4H3,(H,32,34);5-9,11,22-23,28,31H,10,12-14H2,1-4H3,(H,29,30);1-3H,(H,4,5). The van der Waals surface area contributed by atoms with Gasteiger partial charge < -0.3 is 31.5 Å². The highest BCUT2D eigenvalue weighted by Crippen LogP contribution is 2.26. The molecule has 0 saturated carbocycles. The Labute approximate surface area is 423 Å². The molecule has 384 valence electrons. The molecule has 0 aliphatic heterocycles. The van der Waals surface area contributed by atoms with Crippen molar-refractivity contribution in [3.8, 4) is 5.69 Å². The number of nitrogens with zero attached hydrogens (tertiary/aromatic N) is 3. The first-order chi connectivity index (χ1) is 33.4. The highest BCUT2D eigenvalue weighted by atomic mass is 79.9. The van der Waals surface area contributed by atoms with Gasteiger partial charge in [-0.2, -0.15) is 10.2 Å². The van der Waals surface area contributed by atoms with Gasteiger partial charge in [-0.25, -0.2) is 22.2 Å². The average molecular weight is 1050 g/mol. The van der Waals surface area contributed by atoms with Gasteiger partial charge in [0.25, 0.3) is 0 Å². The van der Waals surface area contributed by atoms with Gasteiger partial charge in [0.15, 0.2) is 0 Å². The van der Waals surface area contributed by atoms with Gasteiger partial charge >= 0.3 is 0 Å². The Hall–Kier alpha value is -5.72. The molecule has 0 saturated heterocycles. The van der Waals surface area contributed by atoms with Crippen molar-refractivity contribution in [3.05, 3.63) is 171 Å². The molecule has 2 aromatic heterocycles. The number of rotatable bonds is 19. The van der Waals surface area contributed by atoms with Crippen molar-refractivity contribution >= 4 is 27.7 Å². The fourth-order valence-corrected chi connectivity index (χ4v) is 8.27. The number of hydrogen-bond donors (Lipinski definition) is 7. The van der Waals surface area contributed by atoms with Crippen LogP contribution >= 0.6 is 15.9 Å². The maximum Gasteiger partial charge on any atom is 0.217 e. The van der Waals surface area contributed by atoms with Gasteiger partial charge in [0.1, 0.15) is 23.3 Å². The third-order valence-electron chi connectivity index (χ3n) is 10.7. The van der Waals surface area contributed by atoms with Crippen LogP contribution in [0.1, 0.15) is 88.8 Å². The van der Waals surface area contributed by atoms with Crippen LogP contribution in [0.2, 0.25) is 0 Å². The molecule has 4 atom stereocenters. The van der Waals surface area contributed by atoms with Gasteiger partial charge in [-0.05, 0) is 118 Å². The van der Waals surface area contributed by atoms with Gasteiger partial charge in [0, 0.05) is 81.4 Å². The van der Waals surface area contributed by atoms with Gasteiger partial charge in [-0.3, -0.25) is 14.7 Å². The van der Waals surface area contributed by atoms with Crippen LogP contribution in [0.15, 0.2) is 114 Å². The predicted octanol–water partition coefficient (Wildman–Crippen LogP) is 8.86. The predicted molar refractivity (Wildman–Crippen MR) is 273 cm³/mol. The molecule has 0 spiro atoms. The molecule has 12 nitrogen and oxygen atoms in total. The van der Waals surface area contributed by atoms with Crippen LogP contribution in [-0.4, -0.2) is 79.4 Å². The van der Waals surface area contributed by atoms with Crippen LogP contribution in [-0.2, 0) is 48.4 Å². The third kappa shape index (κ3) is 22.1. The Kier molecular flexibility index (Phi) is 22.6. The van der Waals surface area contributed by atoms with Gasteiger partial charge in [0.2, 0.25) is 11.8 Å². The molecule has 0 bridgehead atoms. The fourth-order valence-electron chi connectivity index (χ4n) is 7.89. The number of carbonyl (C=O) groups is 2. The second-order valence-corrected chi connectivity index (χ2v) is 20.9. The van der Waals surface area contributed by atoms with Crippen LogP contribution in [0.4, 0.5) is 17.6 Å². The number of aliphatic hydroxyl groups excluding tert-OH is 2. The summed E-state index contributed by atoms with van der Waals surface area (Å²) in [5, 5.41) is 43.9. The minimum Gasteiger partial charge on any atom is -0.390 e. The minimum absolute atomic E-state index is 0.0940. The van der Waals surface area contributed by atoms with Crippen LogP contribution < -0.4 is 21.3 Å². The number of amides is 2. The Balaban J connectivity index is 0.000000282. The highest BCUT2D eigenvalue weighted by molar-refractivity contribution is 9.10. The van der Waals surface area contributed by atoms with E-state index in [4.69, 9.17) is 0 Å². The summed E-state index contributed by atoms with van der Waals surface area (Å²) < 4.78 is 57.0. The first kappa shape index (κ1) is 57.9. The Bertz CT molecular complexity index is 2510. The largest absolute Gasteiger partial charge is 0.390 e. The second-order valence-electron chi connectivity index (χ2n) is 20.1. The molecule has 4 aromatic carbocycles. The first-order valence-electron chi connectivity index (χ1n) is 23.5. The molecular weight excluding hydrogens is 981 g/mol. The molecule has 71 heavy (non-hydrogen) atoms. The molecule has 7 N–H and O–H groups in total. The van der Waals surface area contributed by atoms with Crippen molar-refractivity contribution in [1.82, 2.24) is 41.2 Å². The summed E-state index contributed by atoms with van der Waals surface area (Å²) in [5.41, 5.74) is 6.50. The van der Waals surface area contributed by atoms with Crippen molar-refractivity contribution < 1.29 is 37.4 Å². The Morgan fingerprint density at radius 1 is 0.648 bits per heavy atom. The zero-order chi connectivity index (χ0) is 52.3. The van der Waals surface area contributed by atoms with E-state index < -0.39 is 47.6 Å². The molecule has 17 heteroatoms. The zero-order valence-corrected chi connectivity index (χ0v) is 43.4. The Morgan fingerprint density at radius 3 is 1.51 bits per heavy atom. The summed E-state index contributed by atoms with van der Waals surface area (Å²) in [6.07, 6.45) is 7.21. The maximum absolute atomic E-state index is 13.6. The number of carbonyl (C=O) groups excluding carboxylic acids is 2. The zero-order valence-electron chi connectivity index (χ0n) is 41.8. The highest BCUT2D eigenvalue weighted by Gasteiger charge is 2.23. The maximum atomic E-state index is 13.6. The van der Waals surface area contributed by atoms with E-state index in [1.54, 1.807) is 23.3 Å². The van der Waals surface area contributed by atoms with E-state index in [1.165, 1.54) is 49.2 Å². The SMILES string of the molecule is CC(=O)NC(Cc1cc(F)cc(F)c1)C(O)CNCc1cc(CC(C)(C)C)ccc1-n1cccn1.CC(=O)NC(Cc1cc(F)cc(F)c1)C(O)CNCc1cc(CC(C)(C)C)ccc1Br.c1cn[nH]c1. The molecule has 0 fully saturated rings.